The molecule has 1 amide bonds. The molecule has 0 aromatic heterocycles. The number of anilines is 1. The topological polar surface area (TPSA) is 84.5 Å². The molecule has 3 rings (SSSR count). The van der Waals surface area contributed by atoms with Gasteiger partial charge in [-0.3, -0.25) is 4.79 Å². The second-order valence-corrected chi connectivity index (χ2v) is 9.75. The van der Waals surface area contributed by atoms with Gasteiger partial charge in [0.25, 0.3) is 0 Å². The predicted molar refractivity (Wildman–Crippen MR) is 129 cm³/mol. The maximum absolute atomic E-state index is 13.2. The van der Waals surface area contributed by atoms with E-state index in [9.17, 15) is 13.2 Å². The molecule has 3 aromatic rings. The van der Waals surface area contributed by atoms with E-state index in [-0.39, 0.29) is 11.3 Å². The molecule has 0 unspecified atom stereocenters. The van der Waals surface area contributed by atoms with Crippen LogP contribution in [0.25, 0.3) is 0 Å². The number of ether oxygens (including phenoxy) is 1. The van der Waals surface area contributed by atoms with Gasteiger partial charge in [-0.25, -0.2) is 8.42 Å². The van der Waals surface area contributed by atoms with Gasteiger partial charge in [0.2, 0.25) is 15.9 Å². The maximum atomic E-state index is 13.2. The van der Waals surface area contributed by atoms with Crippen LogP contribution in [0.1, 0.15) is 11.1 Å². The minimum Gasteiger partial charge on any atom is -0.496 e. The molecule has 2 N–H and O–H groups in total. The molecule has 0 radical (unpaired) electrons. The van der Waals surface area contributed by atoms with Crippen molar-refractivity contribution in [1.29, 1.82) is 0 Å². The molecule has 32 heavy (non-hydrogen) atoms. The van der Waals surface area contributed by atoms with Crippen molar-refractivity contribution in [2.75, 3.05) is 18.7 Å². The first-order valence-electron chi connectivity index (χ1n) is 9.99. The first-order valence-corrected chi connectivity index (χ1v) is 12.7. The molecule has 0 saturated heterocycles. The Labute approximate surface area is 193 Å². The van der Waals surface area contributed by atoms with Gasteiger partial charge in [-0.1, -0.05) is 42.5 Å². The highest BCUT2D eigenvalue weighted by molar-refractivity contribution is 7.98. The minimum atomic E-state index is -3.95. The minimum absolute atomic E-state index is 0.0752. The number of hydrogen-bond acceptors (Lipinski definition) is 5. The summed E-state index contributed by atoms with van der Waals surface area (Å²) in [5.74, 6) is 0.167. The molecule has 0 heterocycles. The molecule has 1 atom stereocenters. The van der Waals surface area contributed by atoms with E-state index in [1.807, 2.05) is 54.8 Å². The van der Waals surface area contributed by atoms with Crippen molar-refractivity contribution in [3.63, 3.8) is 0 Å². The van der Waals surface area contributed by atoms with Crippen LogP contribution in [0.5, 0.6) is 5.75 Å². The van der Waals surface area contributed by atoms with Gasteiger partial charge < -0.3 is 10.1 Å². The Balaban J connectivity index is 1.90. The summed E-state index contributed by atoms with van der Waals surface area (Å²) in [7, 11) is -2.42. The molecule has 3 aromatic carbocycles. The monoisotopic (exact) mass is 470 g/mol. The third-order valence-corrected chi connectivity index (χ3v) is 7.20. The van der Waals surface area contributed by atoms with Crippen molar-refractivity contribution in [3.05, 3.63) is 83.9 Å². The van der Waals surface area contributed by atoms with E-state index in [0.717, 1.165) is 10.5 Å². The van der Waals surface area contributed by atoms with E-state index in [0.29, 0.717) is 17.0 Å². The van der Waals surface area contributed by atoms with Crippen LogP contribution in [0.2, 0.25) is 0 Å². The fourth-order valence-electron chi connectivity index (χ4n) is 3.28. The maximum Gasteiger partial charge on any atom is 0.242 e. The smallest absolute Gasteiger partial charge is 0.242 e. The van der Waals surface area contributed by atoms with Crippen molar-refractivity contribution in [1.82, 2.24) is 4.72 Å². The fraction of sp³-hybridized carbons (Fsp3) is 0.208. The summed E-state index contributed by atoms with van der Waals surface area (Å²) in [6.45, 7) is 1.77. The summed E-state index contributed by atoms with van der Waals surface area (Å²) in [4.78, 5) is 14.2. The molecule has 0 fully saturated rings. The standard InChI is InChI=1S/C24H26N2O4S2/c1-17-15-19(13-14-22(17)30-2)32(28,29)26-21(16-18-9-5-4-6-10-18)24(27)25-20-11-7-8-12-23(20)31-3/h4-15,21,26H,16H2,1-3H3,(H,25,27)/t21-/m0/s1. The zero-order valence-electron chi connectivity index (χ0n) is 18.2. The zero-order chi connectivity index (χ0) is 23.1. The van der Waals surface area contributed by atoms with Gasteiger partial charge in [-0.05, 0) is 61.1 Å². The lowest BCUT2D eigenvalue weighted by molar-refractivity contribution is -0.117. The lowest BCUT2D eigenvalue weighted by Gasteiger charge is -2.20. The number of rotatable bonds is 9. The zero-order valence-corrected chi connectivity index (χ0v) is 19.8. The van der Waals surface area contributed by atoms with E-state index in [1.165, 1.54) is 31.0 Å². The van der Waals surface area contributed by atoms with Crippen molar-refractivity contribution in [3.8, 4) is 5.75 Å². The Bertz CT molecular complexity index is 1180. The van der Waals surface area contributed by atoms with Gasteiger partial charge in [0.15, 0.2) is 0 Å². The SMILES string of the molecule is COc1ccc(S(=O)(=O)N[C@@H](Cc2ccccc2)C(=O)Nc2ccccc2SC)cc1C. The first kappa shape index (κ1) is 23.8. The van der Waals surface area contributed by atoms with Gasteiger partial charge in [-0.15, -0.1) is 11.8 Å². The fourth-order valence-corrected chi connectivity index (χ4v) is 5.11. The third kappa shape index (κ3) is 5.91. The quantitative estimate of drug-likeness (QED) is 0.457. The summed E-state index contributed by atoms with van der Waals surface area (Å²) in [6, 6.07) is 20.3. The van der Waals surface area contributed by atoms with E-state index < -0.39 is 22.0 Å². The molecule has 168 valence electrons. The highest BCUT2D eigenvalue weighted by Crippen LogP contribution is 2.25. The first-order chi connectivity index (χ1) is 15.3. The average Bonchev–Trinajstić information content (AvgIpc) is 2.79. The Morgan fingerprint density at radius 1 is 1.03 bits per heavy atom. The molecule has 0 saturated carbocycles. The highest BCUT2D eigenvalue weighted by atomic mass is 32.2. The van der Waals surface area contributed by atoms with Gasteiger partial charge in [0.05, 0.1) is 17.7 Å². The highest BCUT2D eigenvalue weighted by Gasteiger charge is 2.27. The number of methoxy groups -OCH3 is 1. The summed E-state index contributed by atoms with van der Waals surface area (Å²) in [5.41, 5.74) is 2.18. The number of benzene rings is 3. The Kier molecular flexibility index (Phi) is 7.95. The second kappa shape index (κ2) is 10.7. The summed E-state index contributed by atoms with van der Waals surface area (Å²) < 4.78 is 34.1. The summed E-state index contributed by atoms with van der Waals surface area (Å²) in [6.07, 6.45) is 2.13. The molecular formula is C24H26N2O4S2. The number of aryl methyl sites for hydroxylation is 1. The van der Waals surface area contributed by atoms with Gasteiger partial charge >= 0.3 is 0 Å². The number of amides is 1. The Hall–Kier alpha value is -2.81. The number of carbonyl (C=O) groups excluding carboxylic acids is 1. The van der Waals surface area contributed by atoms with E-state index in [2.05, 4.69) is 10.0 Å². The number of hydrogen-bond donors (Lipinski definition) is 2. The van der Waals surface area contributed by atoms with Crippen LogP contribution >= 0.6 is 11.8 Å². The van der Waals surface area contributed by atoms with Crippen molar-refractivity contribution in [2.24, 2.45) is 0 Å². The molecule has 0 aliphatic carbocycles. The lowest BCUT2D eigenvalue weighted by Crippen LogP contribution is -2.45. The van der Waals surface area contributed by atoms with Crippen LogP contribution < -0.4 is 14.8 Å². The third-order valence-electron chi connectivity index (χ3n) is 4.94. The van der Waals surface area contributed by atoms with Crippen molar-refractivity contribution >= 4 is 33.4 Å². The number of para-hydroxylation sites is 1. The largest absolute Gasteiger partial charge is 0.496 e. The van der Waals surface area contributed by atoms with Gasteiger partial charge in [-0.2, -0.15) is 4.72 Å². The molecule has 0 spiro atoms. The number of carbonyl (C=O) groups is 1. The number of thioether (sulfide) groups is 1. The molecule has 0 aliphatic heterocycles. The predicted octanol–water partition coefficient (Wildman–Crippen LogP) is 4.25. The van der Waals surface area contributed by atoms with Gasteiger partial charge in [0, 0.05) is 4.90 Å². The van der Waals surface area contributed by atoms with Crippen LogP contribution in [-0.4, -0.2) is 33.7 Å². The van der Waals surface area contributed by atoms with Crippen molar-refractivity contribution in [2.45, 2.75) is 29.2 Å². The summed E-state index contributed by atoms with van der Waals surface area (Å²) >= 11 is 1.50. The van der Waals surface area contributed by atoms with Crippen LogP contribution in [0.4, 0.5) is 5.69 Å². The second-order valence-electron chi connectivity index (χ2n) is 7.18. The normalized spacial score (nSPS) is 12.2. The molecule has 0 aliphatic rings. The molecule has 0 bridgehead atoms. The Morgan fingerprint density at radius 3 is 2.38 bits per heavy atom. The number of sulfonamides is 1. The van der Waals surface area contributed by atoms with Crippen LogP contribution in [0.3, 0.4) is 0 Å². The van der Waals surface area contributed by atoms with Gasteiger partial charge in [0.1, 0.15) is 11.8 Å². The Morgan fingerprint density at radius 2 is 1.72 bits per heavy atom. The van der Waals surface area contributed by atoms with Crippen LogP contribution in [0, 0.1) is 6.92 Å². The van der Waals surface area contributed by atoms with E-state index >= 15 is 0 Å². The molecule has 6 nitrogen and oxygen atoms in total. The summed E-state index contributed by atoms with van der Waals surface area (Å²) in [5, 5.41) is 2.88. The van der Waals surface area contributed by atoms with Crippen LogP contribution in [0.15, 0.2) is 82.6 Å². The number of nitrogens with one attached hydrogen (secondary N) is 2. The van der Waals surface area contributed by atoms with Crippen LogP contribution in [-0.2, 0) is 21.2 Å². The van der Waals surface area contributed by atoms with E-state index in [4.69, 9.17) is 4.74 Å². The van der Waals surface area contributed by atoms with Crippen molar-refractivity contribution < 1.29 is 17.9 Å². The average molecular weight is 471 g/mol. The van der Waals surface area contributed by atoms with E-state index in [1.54, 1.807) is 19.1 Å². The molecular weight excluding hydrogens is 444 g/mol. The lowest BCUT2D eigenvalue weighted by atomic mass is 10.1. The molecule has 8 heteroatoms.